The van der Waals surface area contributed by atoms with Gasteiger partial charge in [0.1, 0.15) is 17.5 Å². The highest BCUT2D eigenvalue weighted by Crippen LogP contribution is 2.62. The SMILES string of the molecule is C=CCO[C@@]12Oc3ccc(O)cc3[C@H]3[C@H](CCCCO)[C@@H](CCCCO)C=C(C(=NOC4CCCCO4)C[C@@H]1N(Cc1cccc4ccccc14)C(=O)C1CC1)[C@H]32. The second kappa shape index (κ2) is 17.7. The number of hydrogen-bond donors (Lipinski definition) is 3. The summed E-state index contributed by atoms with van der Waals surface area (Å²) < 4.78 is 20.5. The fourth-order valence-electron chi connectivity index (χ4n) is 10.1. The number of ether oxygens (including phenoxy) is 3. The Balaban J connectivity index is 1.34. The van der Waals surface area contributed by atoms with Gasteiger partial charge in [-0.2, -0.15) is 0 Å². The molecule has 2 heterocycles. The van der Waals surface area contributed by atoms with E-state index in [4.69, 9.17) is 24.2 Å². The Kier molecular flexibility index (Phi) is 12.3. The van der Waals surface area contributed by atoms with E-state index in [0.29, 0.717) is 38.2 Å². The van der Waals surface area contributed by atoms with E-state index >= 15 is 0 Å². The molecule has 1 saturated heterocycles. The van der Waals surface area contributed by atoms with Crippen LogP contribution >= 0.6 is 0 Å². The van der Waals surface area contributed by atoms with Crippen LogP contribution in [0.5, 0.6) is 11.5 Å². The van der Waals surface area contributed by atoms with Gasteiger partial charge in [0.15, 0.2) is 0 Å². The summed E-state index contributed by atoms with van der Waals surface area (Å²) >= 11 is 0. The van der Waals surface area contributed by atoms with Crippen molar-refractivity contribution in [2.24, 2.45) is 28.8 Å². The van der Waals surface area contributed by atoms with Crippen LogP contribution in [-0.2, 0) is 25.7 Å². The second-order valence-corrected chi connectivity index (χ2v) is 16.6. The highest BCUT2D eigenvalue weighted by atomic mass is 16.8. The number of allylic oxidation sites excluding steroid dienone is 1. The number of amides is 1. The summed E-state index contributed by atoms with van der Waals surface area (Å²) in [6.45, 7) is 5.45. The Labute approximate surface area is 336 Å². The van der Waals surface area contributed by atoms with E-state index < -0.39 is 24.0 Å². The van der Waals surface area contributed by atoms with Gasteiger partial charge in [-0.3, -0.25) is 4.79 Å². The molecule has 2 aliphatic heterocycles. The standard InChI is InChI=1S/C47H58N2O8/c1-2-25-55-47-42(49(46(53)32-19-20-32)30-34-15-11-14-31-12-3-4-16-36(31)34)29-40(48-57-43-18-7-10-26-54-43)38-27-33(13-5-8-23-50)37(17-6-9-24-51)44(45(38)47)39-28-35(52)21-22-41(39)56-47/h2-4,11-12,14-16,21-22,27-28,32-33,37,42-45,50-52H,1,5-10,13,17-20,23-26,29-30H2/t33-,37+,42-,43?,44+,45+,47+/m0/s1. The highest BCUT2D eigenvalue weighted by molar-refractivity contribution is 6.03. The number of phenolic OH excluding ortho intramolecular Hbond substituents is 1. The van der Waals surface area contributed by atoms with Crippen LogP contribution in [0.4, 0.5) is 0 Å². The number of phenols is 1. The molecule has 10 nitrogen and oxygen atoms in total. The molecule has 0 radical (unpaired) electrons. The van der Waals surface area contributed by atoms with Crippen molar-refractivity contribution in [3.8, 4) is 11.5 Å². The van der Waals surface area contributed by atoms with Crippen molar-refractivity contribution in [2.45, 2.75) is 108 Å². The molecule has 304 valence electrons. The van der Waals surface area contributed by atoms with E-state index in [0.717, 1.165) is 91.0 Å². The van der Waals surface area contributed by atoms with Crippen molar-refractivity contribution in [2.75, 3.05) is 26.4 Å². The van der Waals surface area contributed by atoms with Gasteiger partial charge in [-0.05, 0) is 103 Å². The minimum atomic E-state index is -1.35. The lowest BCUT2D eigenvalue weighted by molar-refractivity contribution is -0.258. The van der Waals surface area contributed by atoms with Gasteiger partial charge in [-0.15, -0.1) is 6.58 Å². The van der Waals surface area contributed by atoms with Crippen molar-refractivity contribution >= 4 is 22.4 Å². The number of benzene rings is 3. The third kappa shape index (κ3) is 8.11. The molecule has 3 fully saturated rings. The van der Waals surface area contributed by atoms with Gasteiger partial charge < -0.3 is 39.3 Å². The third-order valence-electron chi connectivity index (χ3n) is 12.9. The van der Waals surface area contributed by atoms with E-state index in [-0.39, 0.29) is 55.1 Å². The maximum atomic E-state index is 14.9. The summed E-state index contributed by atoms with van der Waals surface area (Å²) in [6, 6.07) is 19.3. The van der Waals surface area contributed by atoms with Crippen LogP contribution in [0.15, 0.2) is 90.1 Å². The molecular formula is C47H58N2O8. The van der Waals surface area contributed by atoms with Crippen LogP contribution in [0.25, 0.3) is 10.8 Å². The molecule has 1 amide bonds. The van der Waals surface area contributed by atoms with E-state index in [1.165, 1.54) is 0 Å². The van der Waals surface area contributed by atoms with Gasteiger partial charge >= 0.3 is 0 Å². The van der Waals surface area contributed by atoms with Crippen LogP contribution in [0, 0.1) is 23.7 Å². The molecule has 3 aliphatic carbocycles. The maximum Gasteiger partial charge on any atom is 0.239 e. The molecule has 1 unspecified atom stereocenters. The normalized spacial score (nSPS) is 28.5. The van der Waals surface area contributed by atoms with Crippen molar-refractivity contribution in [1.29, 1.82) is 0 Å². The largest absolute Gasteiger partial charge is 0.508 e. The zero-order valence-corrected chi connectivity index (χ0v) is 33.0. The number of aromatic hydroxyl groups is 1. The Hall–Kier alpha value is -4.22. The van der Waals surface area contributed by atoms with E-state index in [1.54, 1.807) is 12.1 Å². The van der Waals surface area contributed by atoms with Crippen molar-refractivity contribution in [3.63, 3.8) is 0 Å². The minimum Gasteiger partial charge on any atom is -0.508 e. The number of unbranched alkanes of at least 4 members (excludes halogenated alkanes) is 2. The first kappa shape index (κ1) is 39.6. The first-order valence-corrected chi connectivity index (χ1v) is 21.3. The van der Waals surface area contributed by atoms with E-state index in [9.17, 15) is 20.1 Å². The number of oxime groups is 1. The first-order chi connectivity index (χ1) is 28.0. The van der Waals surface area contributed by atoms with Crippen LogP contribution < -0.4 is 4.74 Å². The molecule has 0 aromatic heterocycles. The molecule has 3 aromatic rings. The van der Waals surface area contributed by atoms with Gasteiger partial charge in [0, 0.05) is 50.0 Å². The summed E-state index contributed by atoms with van der Waals surface area (Å²) in [4.78, 5) is 23.2. The van der Waals surface area contributed by atoms with Gasteiger partial charge in [0.25, 0.3) is 0 Å². The van der Waals surface area contributed by atoms with Crippen LogP contribution in [-0.4, -0.2) is 76.4 Å². The number of carbonyl (C=O) groups is 1. The van der Waals surface area contributed by atoms with Gasteiger partial charge in [0.05, 0.1) is 24.8 Å². The predicted molar refractivity (Wildman–Crippen MR) is 219 cm³/mol. The average Bonchev–Trinajstić information content (AvgIpc) is 4.09. The number of nitrogens with zero attached hydrogens (tertiary/aromatic N) is 2. The van der Waals surface area contributed by atoms with E-state index in [2.05, 4.69) is 43.0 Å². The number of fused-ring (bicyclic) bond motifs is 3. The van der Waals surface area contributed by atoms with Crippen molar-refractivity contribution < 1.29 is 39.2 Å². The topological polar surface area (TPSA) is 130 Å². The summed E-state index contributed by atoms with van der Waals surface area (Å²) in [5, 5.41) is 38.0. The average molecular weight is 779 g/mol. The Morgan fingerprint density at radius 1 is 0.982 bits per heavy atom. The van der Waals surface area contributed by atoms with Crippen molar-refractivity contribution in [1.82, 2.24) is 4.90 Å². The summed E-state index contributed by atoms with van der Waals surface area (Å²) in [7, 11) is 0. The number of aliphatic hydroxyl groups is 2. The van der Waals surface area contributed by atoms with Crippen molar-refractivity contribution in [3.05, 3.63) is 96.1 Å². The molecule has 2 saturated carbocycles. The molecule has 0 spiro atoms. The molecule has 10 heteroatoms. The second-order valence-electron chi connectivity index (χ2n) is 16.6. The number of aliphatic hydroxyl groups excluding tert-OH is 2. The lowest BCUT2D eigenvalue weighted by Gasteiger charge is -2.60. The molecular weight excluding hydrogens is 721 g/mol. The van der Waals surface area contributed by atoms with Crippen LogP contribution in [0.1, 0.15) is 94.1 Å². The first-order valence-electron chi connectivity index (χ1n) is 21.3. The molecule has 5 aliphatic rings. The maximum absolute atomic E-state index is 14.9. The highest BCUT2D eigenvalue weighted by Gasteiger charge is 2.66. The summed E-state index contributed by atoms with van der Waals surface area (Å²) in [5.74, 6) is -1.04. The smallest absolute Gasteiger partial charge is 0.239 e. The zero-order valence-electron chi connectivity index (χ0n) is 33.0. The fourth-order valence-corrected chi connectivity index (χ4v) is 10.1. The van der Waals surface area contributed by atoms with Gasteiger partial charge in [-0.25, -0.2) is 0 Å². The number of carbonyl (C=O) groups excluding carboxylic acids is 1. The summed E-state index contributed by atoms with van der Waals surface area (Å²) in [6.07, 6.45) is 13.1. The molecule has 3 N–H and O–H groups in total. The molecule has 57 heavy (non-hydrogen) atoms. The number of rotatable bonds is 17. The lowest BCUT2D eigenvalue weighted by Crippen LogP contribution is -2.70. The van der Waals surface area contributed by atoms with Gasteiger partial charge in [0.2, 0.25) is 18.0 Å². The quantitative estimate of drug-likeness (QED) is 0.0712. The fraction of sp³-hybridized carbons (Fsp3) is 0.532. The lowest BCUT2D eigenvalue weighted by atomic mass is 9.55. The van der Waals surface area contributed by atoms with Crippen LogP contribution in [0.3, 0.4) is 0 Å². The zero-order chi connectivity index (χ0) is 39.4. The molecule has 3 aromatic carbocycles. The number of hydrogen-bond acceptors (Lipinski definition) is 9. The minimum absolute atomic E-state index is 0.0756. The Morgan fingerprint density at radius 3 is 2.56 bits per heavy atom. The third-order valence-corrected chi connectivity index (χ3v) is 12.9. The monoisotopic (exact) mass is 778 g/mol. The molecule has 8 rings (SSSR count). The van der Waals surface area contributed by atoms with Gasteiger partial charge in [-0.1, -0.05) is 72.6 Å². The summed E-state index contributed by atoms with van der Waals surface area (Å²) in [5.41, 5.74) is 3.67. The Bertz CT molecular complexity index is 1950. The Morgan fingerprint density at radius 2 is 1.79 bits per heavy atom. The molecule has 0 bridgehead atoms. The van der Waals surface area contributed by atoms with E-state index in [1.807, 2.05) is 29.2 Å². The predicted octanol–water partition coefficient (Wildman–Crippen LogP) is 8.14. The molecule has 7 atom stereocenters. The van der Waals surface area contributed by atoms with Crippen LogP contribution in [0.2, 0.25) is 0 Å².